The summed E-state index contributed by atoms with van der Waals surface area (Å²) in [7, 11) is 10.9. The zero-order chi connectivity index (χ0) is 17.3. The first kappa shape index (κ1) is 19.2. The number of halogens is 1. The van der Waals surface area contributed by atoms with Gasteiger partial charge in [0, 0.05) is 24.7 Å². The number of urea groups is 1. The number of likely N-dealkylation sites (N-methyl/N-ethyl adjacent to an activating group) is 2. The van der Waals surface area contributed by atoms with Crippen molar-refractivity contribution < 1.29 is 18.6 Å². The van der Waals surface area contributed by atoms with Gasteiger partial charge >= 0.3 is 6.03 Å². The van der Waals surface area contributed by atoms with Gasteiger partial charge in [-0.3, -0.25) is 9.69 Å². The van der Waals surface area contributed by atoms with E-state index in [4.69, 9.17) is 11.8 Å². The van der Waals surface area contributed by atoms with Crippen molar-refractivity contribution in [3.8, 4) is 0 Å². The minimum absolute atomic E-state index is 0.218. The second kappa shape index (κ2) is 6.34. The van der Waals surface area contributed by atoms with E-state index in [0.717, 1.165) is 39.4 Å². The molecule has 1 fully saturated rings. The van der Waals surface area contributed by atoms with Gasteiger partial charge in [-0.25, -0.2) is 9.21 Å². The molecule has 6 nitrogen and oxygen atoms in total. The van der Waals surface area contributed by atoms with Crippen LogP contribution in [0.1, 0.15) is 20.3 Å². The standard InChI is InChI=1S/C15H31ClN4O2/c1-15(2)13(21)17(14(22)18(15)16)9-8-10-20(6,7)12-11-19(3,4)5/h8-12H2,1-7H3/q+2. The Labute approximate surface area is 139 Å². The molecule has 1 rings (SSSR count). The summed E-state index contributed by atoms with van der Waals surface area (Å²) < 4.78 is 2.81. The molecule has 1 aliphatic rings. The average Bonchev–Trinajstić information content (AvgIpc) is 2.50. The highest BCUT2D eigenvalue weighted by molar-refractivity contribution is 6.27. The van der Waals surface area contributed by atoms with Crippen LogP contribution in [0.3, 0.4) is 0 Å². The third kappa shape index (κ3) is 4.57. The van der Waals surface area contributed by atoms with Crippen molar-refractivity contribution in [2.24, 2.45) is 0 Å². The number of quaternary nitrogens is 2. The summed E-state index contributed by atoms with van der Waals surface area (Å²) in [4.78, 5) is 25.5. The van der Waals surface area contributed by atoms with Crippen LogP contribution in [0.4, 0.5) is 4.79 Å². The number of carbonyl (C=O) groups is 2. The third-order valence-electron chi connectivity index (χ3n) is 4.18. The number of carbonyl (C=O) groups excluding carboxylic acids is 2. The Bertz CT molecular complexity index is 443. The number of hydrogen-bond acceptors (Lipinski definition) is 2. The molecule has 0 N–H and O–H groups in total. The van der Waals surface area contributed by atoms with E-state index in [1.165, 1.54) is 4.90 Å². The monoisotopic (exact) mass is 334 g/mol. The SMILES string of the molecule is CC1(C)C(=O)N(CCC[N+](C)(C)CC[N+](C)(C)C)C(=O)N1Cl. The van der Waals surface area contributed by atoms with Gasteiger partial charge in [-0.15, -0.1) is 0 Å². The molecule has 0 aromatic rings. The summed E-state index contributed by atoms with van der Waals surface area (Å²) in [6.07, 6.45) is 0.780. The Balaban J connectivity index is 2.50. The van der Waals surface area contributed by atoms with Crippen molar-refractivity contribution in [2.45, 2.75) is 25.8 Å². The van der Waals surface area contributed by atoms with Crippen molar-refractivity contribution >= 4 is 23.7 Å². The van der Waals surface area contributed by atoms with Gasteiger partial charge in [0.2, 0.25) is 0 Å². The fourth-order valence-corrected chi connectivity index (χ4v) is 2.55. The van der Waals surface area contributed by atoms with Crippen LogP contribution in [0.2, 0.25) is 0 Å². The number of nitrogens with zero attached hydrogens (tertiary/aromatic N) is 4. The molecular weight excluding hydrogens is 304 g/mol. The molecule has 22 heavy (non-hydrogen) atoms. The average molecular weight is 335 g/mol. The lowest BCUT2D eigenvalue weighted by Crippen LogP contribution is -2.50. The minimum Gasteiger partial charge on any atom is -0.326 e. The van der Waals surface area contributed by atoms with Crippen molar-refractivity contribution in [1.29, 1.82) is 0 Å². The van der Waals surface area contributed by atoms with Crippen LogP contribution >= 0.6 is 11.8 Å². The molecule has 0 unspecified atom stereocenters. The first-order valence-electron chi connectivity index (χ1n) is 7.72. The van der Waals surface area contributed by atoms with E-state index in [9.17, 15) is 9.59 Å². The highest BCUT2D eigenvalue weighted by Gasteiger charge is 2.50. The Morgan fingerprint density at radius 3 is 1.95 bits per heavy atom. The van der Waals surface area contributed by atoms with Crippen LogP contribution in [-0.2, 0) is 4.79 Å². The molecule has 0 atom stereocenters. The number of imide groups is 1. The van der Waals surface area contributed by atoms with E-state index in [-0.39, 0.29) is 5.91 Å². The van der Waals surface area contributed by atoms with Crippen LogP contribution in [0.5, 0.6) is 0 Å². The van der Waals surface area contributed by atoms with E-state index in [0.29, 0.717) is 6.54 Å². The van der Waals surface area contributed by atoms with Crippen LogP contribution in [0, 0.1) is 0 Å². The maximum Gasteiger partial charge on any atom is 0.342 e. The summed E-state index contributed by atoms with van der Waals surface area (Å²) in [6, 6.07) is -0.409. The van der Waals surface area contributed by atoms with Crippen LogP contribution in [0.25, 0.3) is 0 Å². The predicted molar refractivity (Wildman–Crippen MR) is 88.2 cm³/mol. The van der Waals surface area contributed by atoms with E-state index >= 15 is 0 Å². The van der Waals surface area contributed by atoms with Gasteiger partial charge in [0.05, 0.1) is 41.8 Å². The Kier molecular flexibility index (Phi) is 5.53. The summed E-state index contributed by atoms with van der Waals surface area (Å²) in [6.45, 7) is 6.81. The van der Waals surface area contributed by atoms with Gasteiger partial charge in [0.25, 0.3) is 5.91 Å². The second-order valence-electron chi connectivity index (χ2n) is 8.33. The minimum atomic E-state index is -0.952. The quantitative estimate of drug-likeness (QED) is 0.401. The normalized spacial score (nSPS) is 19.3. The first-order valence-corrected chi connectivity index (χ1v) is 8.06. The fourth-order valence-electron chi connectivity index (χ4n) is 2.38. The zero-order valence-corrected chi connectivity index (χ0v) is 15.8. The smallest absolute Gasteiger partial charge is 0.326 e. The highest BCUT2D eigenvalue weighted by Crippen LogP contribution is 2.29. The third-order valence-corrected chi connectivity index (χ3v) is 4.75. The van der Waals surface area contributed by atoms with Crippen molar-refractivity contribution in [3.05, 3.63) is 0 Å². The molecule has 1 heterocycles. The van der Waals surface area contributed by atoms with Gasteiger partial charge in [-0.2, -0.15) is 0 Å². The molecule has 0 radical (unpaired) electrons. The maximum absolute atomic E-state index is 12.2. The number of rotatable bonds is 7. The summed E-state index contributed by atoms with van der Waals surface area (Å²) >= 11 is 5.93. The first-order chi connectivity index (χ1) is 9.78. The number of hydrogen-bond donors (Lipinski definition) is 0. The Morgan fingerprint density at radius 2 is 1.55 bits per heavy atom. The highest BCUT2D eigenvalue weighted by atomic mass is 35.5. The predicted octanol–water partition coefficient (Wildman–Crippen LogP) is 1.36. The van der Waals surface area contributed by atoms with E-state index in [1.807, 2.05) is 0 Å². The Morgan fingerprint density at radius 1 is 1.00 bits per heavy atom. The van der Waals surface area contributed by atoms with Gasteiger partial charge in [0.15, 0.2) is 0 Å². The lowest BCUT2D eigenvalue weighted by atomic mass is 10.1. The van der Waals surface area contributed by atoms with Gasteiger partial charge in [-0.05, 0) is 13.8 Å². The second-order valence-corrected chi connectivity index (χ2v) is 8.67. The van der Waals surface area contributed by atoms with Crippen LogP contribution in [-0.4, -0.2) is 97.2 Å². The van der Waals surface area contributed by atoms with E-state index in [1.54, 1.807) is 13.8 Å². The van der Waals surface area contributed by atoms with Crippen molar-refractivity contribution in [1.82, 2.24) is 9.32 Å². The molecule has 0 spiro atoms. The molecule has 3 amide bonds. The molecule has 1 aliphatic heterocycles. The maximum atomic E-state index is 12.2. The van der Waals surface area contributed by atoms with Crippen LogP contribution in [0.15, 0.2) is 0 Å². The molecule has 0 aromatic heterocycles. The topological polar surface area (TPSA) is 40.6 Å². The molecule has 0 aliphatic carbocycles. The lowest BCUT2D eigenvalue weighted by Gasteiger charge is -2.33. The molecule has 128 valence electrons. The Hall–Kier alpha value is -0.850. The van der Waals surface area contributed by atoms with E-state index < -0.39 is 11.6 Å². The summed E-state index contributed by atoms with van der Waals surface area (Å²) in [5, 5.41) is 0. The van der Waals surface area contributed by atoms with Crippen molar-refractivity contribution in [3.63, 3.8) is 0 Å². The van der Waals surface area contributed by atoms with Crippen molar-refractivity contribution in [2.75, 3.05) is 61.4 Å². The van der Waals surface area contributed by atoms with Gasteiger partial charge < -0.3 is 8.97 Å². The molecular formula is C15H31ClN4O2+2. The molecule has 1 saturated heterocycles. The van der Waals surface area contributed by atoms with Gasteiger partial charge in [-0.1, -0.05) is 0 Å². The van der Waals surface area contributed by atoms with E-state index in [2.05, 4.69) is 35.2 Å². The fraction of sp³-hybridized carbons (Fsp3) is 0.867. The molecule has 7 heteroatoms. The van der Waals surface area contributed by atoms with Gasteiger partial charge in [0.1, 0.15) is 18.6 Å². The molecule has 0 saturated carbocycles. The zero-order valence-electron chi connectivity index (χ0n) is 15.0. The molecule has 0 aromatic carbocycles. The largest absolute Gasteiger partial charge is 0.342 e. The molecule has 0 bridgehead atoms. The summed E-state index contributed by atoms with van der Waals surface area (Å²) in [5.41, 5.74) is -0.952. The van der Waals surface area contributed by atoms with Crippen LogP contribution < -0.4 is 0 Å². The number of amides is 3. The lowest BCUT2D eigenvalue weighted by molar-refractivity contribution is -0.937. The summed E-state index contributed by atoms with van der Waals surface area (Å²) in [5.74, 6) is -0.218.